The zero-order valence-electron chi connectivity index (χ0n) is 33.6. The van der Waals surface area contributed by atoms with Crippen LogP contribution in [0.3, 0.4) is 0 Å². The molecule has 322 valence electrons. The molecule has 5 amide bonds. The fourth-order valence-corrected chi connectivity index (χ4v) is 6.64. The second-order valence-electron chi connectivity index (χ2n) is 14.7. The number of rotatable bonds is 24. The van der Waals surface area contributed by atoms with Crippen molar-refractivity contribution in [3.63, 3.8) is 0 Å². The molecule has 0 radical (unpaired) electrons. The van der Waals surface area contributed by atoms with E-state index in [4.69, 9.17) is 19.9 Å². The molecule has 1 unspecified atom stereocenters. The van der Waals surface area contributed by atoms with Gasteiger partial charge in [0.25, 0.3) is 0 Å². The number of ether oxygens (including phenoxy) is 4. The summed E-state index contributed by atoms with van der Waals surface area (Å²) in [6.45, 7) is 8.83. The van der Waals surface area contributed by atoms with E-state index in [-0.39, 0.29) is 19.3 Å². The molecule has 0 aromatic rings. The molecule has 0 bridgehead atoms. The van der Waals surface area contributed by atoms with Gasteiger partial charge in [0.2, 0.25) is 28.7 Å². The van der Waals surface area contributed by atoms with Gasteiger partial charge in [-0.3, -0.25) is 28.8 Å². The van der Waals surface area contributed by atoms with E-state index in [1.54, 1.807) is 20.8 Å². The molecule has 1 heterocycles. The Morgan fingerprint density at radius 2 is 1.50 bits per heavy atom. The second-order valence-corrected chi connectivity index (χ2v) is 15.9. The van der Waals surface area contributed by atoms with Gasteiger partial charge in [0.1, 0.15) is 48.1 Å². The summed E-state index contributed by atoms with van der Waals surface area (Å²) in [5.74, 6) is -3.91. The molecule has 9 N–H and O–H groups in total. The molecule has 1 saturated heterocycles. The number of hydrogen-bond acceptors (Lipinski definition) is 15. The SMILES string of the molecule is COC(=O)CC[C@H](NC(=O)[C@H](C)NC(=O)[C@@H](C)O[C@H]1[C@H](O)[C@@H](CO)OC(O)(SC(=O)CCCCCCCCCCNC(=O)OC(C)(C)C)[C@@H]1NC(C)=O)C(N)=O. The summed E-state index contributed by atoms with van der Waals surface area (Å²) in [7, 11) is 1.16. The first-order valence-corrected chi connectivity index (χ1v) is 19.7. The number of aliphatic hydroxyl groups excluding tert-OH is 2. The van der Waals surface area contributed by atoms with Gasteiger partial charge in [-0.2, -0.15) is 0 Å². The van der Waals surface area contributed by atoms with Gasteiger partial charge in [0.05, 0.1) is 13.7 Å². The number of aliphatic hydroxyl groups is 3. The lowest BCUT2D eigenvalue weighted by Gasteiger charge is -2.48. The maximum absolute atomic E-state index is 13.1. The molecule has 1 aliphatic rings. The third kappa shape index (κ3) is 19.1. The van der Waals surface area contributed by atoms with Gasteiger partial charge in [-0.15, -0.1) is 0 Å². The molecule has 19 nitrogen and oxygen atoms in total. The van der Waals surface area contributed by atoms with E-state index >= 15 is 0 Å². The van der Waals surface area contributed by atoms with Crippen LogP contribution in [0.15, 0.2) is 0 Å². The molecule has 1 aliphatic heterocycles. The number of unbranched alkanes of at least 4 members (excludes halogenated alkanes) is 7. The normalized spacial score (nSPS) is 22.5. The van der Waals surface area contributed by atoms with Gasteiger partial charge < -0.3 is 61.3 Å². The monoisotopic (exact) mass is 821 g/mol. The molecule has 8 atom stereocenters. The number of primary amides is 1. The number of carbonyl (C=O) groups is 7. The Morgan fingerprint density at radius 3 is 2.04 bits per heavy atom. The maximum Gasteiger partial charge on any atom is 0.407 e. The van der Waals surface area contributed by atoms with Crippen molar-refractivity contribution in [2.24, 2.45) is 5.73 Å². The first-order chi connectivity index (χ1) is 26.1. The number of thioether (sulfide) groups is 1. The molecule has 20 heteroatoms. The molecule has 0 spiro atoms. The van der Waals surface area contributed by atoms with E-state index in [1.165, 1.54) is 13.8 Å². The molecule has 0 aliphatic carbocycles. The van der Waals surface area contributed by atoms with Crippen LogP contribution in [-0.4, -0.2) is 130 Å². The number of hydrogen-bond donors (Lipinski definition) is 8. The van der Waals surface area contributed by atoms with Crippen molar-refractivity contribution in [3.05, 3.63) is 0 Å². The lowest BCUT2D eigenvalue weighted by molar-refractivity contribution is -0.283. The second kappa shape index (κ2) is 24.9. The fourth-order valence-electron chi connectivity index (χ4n) is 5.57. The topological polar surface area (TPSA) is 291 Å². The highest BCUT2D eigenvalue weighted by molar-refractivity contribution is 8.14. The van der Waals surface area contributed by atoms with Crippen LogP contribution in [0.25, 0.3) is 0 Å². The van der Waals surface area contributed by atoms with Gasteiger partial charge in [-0.05, 0) is 65.6 Å². The van der Waals surface area contributed by atoms with Crippen molar-refractivity contribution in [1.29, 1.82) is 0 Å². The van der Waals surface area contributed by atoms with Crippen LogP contribution in [0, 0.1) is 0 Å². The van der Waals surface area contributed by atoms with Crippen LogP contribution in [0.1, 0.15) is 112 Å². The smallest absolute Gasteiger partial charge is 0.407 e. The lowest BCUT2D eigenvalue weighted by atomic mass is 9.96. The number of amides is 5. The van der Waals surface area contributed by atoms with Crippen molar-refractivity contribution in [2.45, 2.75) is 165 Å². The van der Waals surface area contributed by atoms with Crippen molar-refractivity contribution in [2.75, 3.05) is 20.3 Å². The van der Waals surface area contributed by atoms with Crippen LogP contribution < -0.4 is 27.0 Å². The fraction of sp³-hybridized carbons (Fsp3) is 0.806. The Morgan fingerprint density at radius 1 is 0.911 bits per heavy atom. The van der Waals surface area contributed by atoms with Crippen LogP contribution >= 0.6 is 11.8 Å². The Hall–Kier alpha value is -3.56. The van der Waals surface area contributed by atoms with E-state index in [0.29, 0.717) is 24.7 Å². The predicted molar refractivity (Wildman–Crippen MR) is 203 cm³/mol. The lowest BCUT2D eigenvalue weighted by Crippen LogP contribution is -2.70. The highest BCUT2D eigenvalue weighted by Gasteiger charge is 2.57. The average Bonchev–Trinajstić information content (AvgIpc) is 3.10. The number of nitrogens with one attached hydrogen (secondary N) is 4. The van der Waals surface area contributed by atoms with Crippen molar-refractivity contribution in [1.82, 2.24) is 21.3 Å². The summed E-state index contributed by atoms with van der Waals surface area (Å²) in [6, 6.07) is -4.08. The van der Waals surface area contributed by atoms with Crippen molar-refractivity contribution >= 4 is 52.6 Å². The highest BCUT2D eigenvalue weighted by atomic mass is 32.2. The Kier molecular flexibility index (Phi) is 22.5. The third-order valence-electron chi connectivity index (χ3n) is 8.54. The van der Waals surface area contributed by atoms with E-state index in [9.17, 15) is 48.9 Å². The Labute approximate surface area is 332 Å². The van der Waals surface area contributed by atoms with Gasteiger partial charge in [0, 0.05) is 26.3 Å². The minimum absolute atomic E-state index is 0.0510. The number of nitrogens with two attached hydrogens (primary N) is 1. The van der Waals surface area contributed by atoms with Gasteiger partial charge >= 0.3 is 12.1 Å². The van der Waals surface area contributed by atoms with Gasteiger partial charge in [-0.1, -0.05) is 38.5 Å². The number of carbonyl (C=O) groups excluding carboxylic acids is 7. The average molecular weight is 822 g/mol. The van der Waals surface area contributed by atoms with Crippen LogP contribution in [0.5, 0.6) is 0 Å². The highest BCUT2D eigenvalue weighted by Crippen LogP contribution is 2.39. The predicted octanol–water partition coefficient (Wildman–Crippen LogP) is 0.386. The molecule has 0 aromatic heterocycles. The summed E-state index contributed by atoms with van der Waals surface area (Å²) in [6.07, 6.45) is -0.104. The molecular weight excluding hydrogens is 758 g/mol. The summed E-state index contributed by atoms with van der Waals surface area (Å²) in [5.41, 5.74) is 4.79. The van der Waals surface area contributed by atoms with Crippen molar-refractivity contribution in [3.8, 4) is 0 Å². The van der Waals surface area contributed by atoms with Crippen LogP contribution in [-0.2, 0) is 47.7 Å². The largest absolute Gasteiger partial charge is 0.469 e. The quantitative estimate of drug-likeness (QED) is 0.0371. The molecular formula is C36H63N5O14S. The minimum atomic E-state index is -2.52. The number of esters is 1. The third-order valence-corrected chi connectivity index (χ3v) is 9.62. The summed E-state index contributed by atoms with van der Waals surface area (Å²) < 4.78 is 21.1. The summed E-state index contributed by atoms with van der Waals surface area (Å²) in [5, 5.41) is 39.5. The standard InChI is InChI=1S/C36H63N5O14S/c1-21(32(48)41-24(31(37)47)17-18-26(44)52-7)39-33(49)22(2)53-29-28(46)25(20-42)54-36(51,30(29)40-23(3)43)56-27(45)16-14-12-10-8-9-11-13-15-19-38-34(50)55-35(4,5)6/h21-22,24-25,28-30,42,46,51H,8-20H2,1-7H3,(H2,37,47)(H,38,50)(H,39,49)(H,40,43)(H,41,48)/t21-,22+,24-,25+,28+,29-,30+,36?/m0/s1. The zero-order valence-corrected chi connectivity index (χ0v) is 34.4. The summed E-state index contributed by atoms with van der Waals surface area (Å²) >= 11 is 0.366. The molecule has 1 rings (SSSR count). The maximum atomic E-state index is 13.1. The molecule has 0 aromatic carbocycles. The van der Waals surface area contributed by atoms with E-state index in [2.05, 4.69) is 26.0 Å². The Balaban J connectivity index is 2.75. The van der Waals surface area contributed by atoms with Gasteiger partial charge in [-0.25, -0.2) is 4.79 Å². The molecule has 0 saturated carbocycles. The van der Waals surface area contributed by atoms with Crippen LogP contribution in [0.4, 0.5) is 4.79 Å². The first kappa shape index (κ1) is 50.5. The summed E-state index contributed by atoms with van der Waals surface area (Å²) in [4.78, 5) is 86.1. The number of methoxy groups -OCH3 is 1. The van der Waals surface area contributed by atoms with E-state index in [1.807, 2.05) is 0 Å². The van der Waals surface area contributed by atoms with Crippen LogP contribution in [0.2, 0.25) is 0 Å². The van der Waals surface area contributed by atoms with Gasteiger partial charge in [0.15, 0.2) is 5.12 Å². The molecule has 1 fully saturated rings. The number of alkyl carbamates (subject to hydrolysis) is 1. The minimum Gasteiger partial charge on any atom is -0.469 e. The van der Waals surface area contributed by atoms with E-state index in [0.717, 1.165) is 59.0 Å². The Bertz CT molecular complexity index is 1320. The first-order valence-electron chi connectivity index (χ1n) is 18.9. The zero-order chi connectivity index (χ0) is 42.6. The van der Waals surface area contributed by atoms with Crippen molar-refractivity contribution < 1.29 is 67.8 Å². The van der Waals surface area contributed by atoms with E-state index < -0.39 is 101 Å². The molecule has 56 heavy (non-hydrogen) atoms.